The zero-order chi connectivity index (χ0) is 17.4. The van der Waals surface area contributed by atoms with E-state index in [2.05, 4.69) is 26.6 Å². The summed E-state index contributed by atoms with van der Waals surface area (Å²) in [6.45, 7) is 9.40. The molecule has 0 aromatic heterocycles. The third-order valence-electron chi connectivity index (χ3n) is 5.26. The first kappa shape index (κ1) is 19.6. The summed E-state index contributed by atoms with van der Waals surface area (Å²) in [5.41, 5.74) is 0. The Kier molecular flexibility index (Phi) is 8.45. The molecule has 0 unspecified atom stereocenters. The van der Waals surface area contributed by atoms with E-state index in [1.807, 2.05) is 14.1 Å². The number of carbonyl (C=O) groups is 1. The standard InChI is InChI=1S/C18H36N4O2/c1-19(2)8-4-16-24-18(23)7-11-21-9-5-17(6-10-21)22-14-12-20(3)13-15-22/h17H,4-16H2,1-3H3. The summed E-state index contributed by atoms with van der Waals surface area (Å²) >= 11 is 0. The van der Waals surface area contributed by atoms with E-state index in [1.54, 1.807) is 0 Å². The van der Waals surface area contributed by atoms with E-state index >= 15 is 0 Å². The molecule has 2 aliphatic rings. The fourth-order valence-electron chi connectivity index (χ4n) is 3.58. The average molecular weight is 341 g/mol. The lowest BCUT2D eigenvalue weighted by Gasteiger charge is -2.42. The number of ether oxygens (including phenoxy) is 1. The Morgan fingerprint density at radius 1 is 1.08 bits per heavy atom. The summed E-state index contributed by atoms with van der Waals surface area (Å²) in [6, 6.07) is 0.743. The van der Waals surface area contributed by atoms with Crippen molar-refractivity contribution in [2.75, 3.05) is 80.1 Å². The fraction of sp³-hybridized carbons (Fsp3) is 0.944. The number of nitrogens with zero attached hydrogens (tertiary/aromatic N) is 4. The number of hydrogen-bond donors (Lipinski definition) is 0. The van der Waals surface area contributed by atoms with Crippen LogP contribution >= 0.6 is 0 Å². The molecule has 6 nitrogen and oxygen atoms in total. The molecule has 0 N–H and O–H groups in total. The third-order valence-corrected chi connectivity index (χ3v) is 5.26. The highest BCUT2D eigenvalue weighted by atomic mass is 16.5. The molecule has 0 amide bonds. The maximum absolute atomic E-state index is 11.8. The van der Waals surface area contributed by atoms with Crippen LogP contribution in [0.15, 0.2) is 0 Å². The van der Waals surface area contributed by atoms with Gasteiger partial charge in [0, 0.05) is 45.3 Å². The first-order valence-corrected chi connectivity index (χ1v) is 9.50. The van der Waals surface area contributed by atoms with Gasteiger partial charge in [0.25, 0.3) is 0 Å². The predicted molar refractivity (Wildman–Crippen MR) is 97.3 cm³/mol. The van der Waals surface area contributed by atoms with E-state index < -0.39 is 0 Å². The monoisotopic (exact) mass is 340 g/mol. The summed E-state index contributed by atoms with van der Waals surface area (Å²) in [7, 11) is 6.28. The van der Waals surface area contributed by atoms with Crippen molar-refractivity contribution >= 4 is 5.97 Å². The third kappa shape index (κ3) is 7.05. The van der Waals surface area contributed by atoms with Crippen LogP contribution < -0.4 is 0 Å². The smallest absolute Gasteiger partial charge is 0.307 e. The van der Waals surface area contributed by atoms with Crippen LogP contribution in [0.1, 0.15) is 25.7 Å². The molecule has 2 rings (SSSR count). The summed E-state index contributed by atoms with van der Waals surface area (Å²) in [5, 5.41) is 0. The molecule has 0 aliphatic carbocycles. The van der Waals surface area contributed by atoms with Gasteiger partial charge in [-0.25, -0.2) is 0 Å². The van der Waals surface area contributed by atoms with Crippen LogP contribution in [0.3, 0.4) is 0 Å². The Morgan fingerprint density at radius 2 is 1.75 bits per heavy atom. The largest absolute Gasteiger partial charge is 0.466 e. The van der Waals surface area contributed by atoms with E-state index in [0.717, 1.165) is 38.6 Å². The summed E-state index contributed by atoms with van der Waals surface area (Å²) in [4.78, 5) is 21.4. The molecule has 2 fully saturated rings. The molecule has 2 aliphatic heterocycles. The minimum Gasteiger partial charge on any atom is -0.466 e. The van der Waals surface area contributed by atoms with Gasteiger partial charge in [-0.2, -0.15) is 0 Å². The van der Waals surface area contributed by atoms with Gasteiger partial charge in [0.05, 0.1) is 13.0 Å². The van der Waals surface area contributed by atoms with Crippen LogP contribution in [-0.4, -0.2) is 112 Å². The lowest BCUT2D eigenvalue weighted by atomic mass is 10.0. The van der Waals surface area contributed by atoms with Crippen molar-refractivity contribution in [3.8, 4) is 0 Å². The number of piperidine rings is 1. The van der Waals surface area contributed by atoms with Crippen molar-refractivity contribution in [2.24, 2.45) is 0 Å². The predicted octanol–water partition coefficient (Wildman–Crippen LogP) is 0.583. The Bertz CT molecular complexity index is 362. The molecule has 0 radical (unpaired) electrons. The second-order valence-electron chi connectivity index (χ2n) is 7.54. The summed E-state index contributed by atoms with van der Waals surface area (Å²) in [5.74, 6) is -0.0463. The molecule has 6 heteroatoms. The number of piperazine rings is 1. The molecule has 0 atom stereocenters. The lowest BCUT2D eigenvalue weighted by molar-refractivity contribution is -0.144. The maximum atomic E-state index is 11.8. The topological polar surface area (TPSA) is 39.3 Å². The normalized spacial score (nSPS) is 22.2. The van der Waals surface area contributed by atoms with Crippen molar-refractivity contribution in [3.05, 3.63) is 0 Å². The van der Waals surface area contributed by atoms with E-state index in [-0.39, 0.29) is 5.97 Å². The first-order valence-electron chi connectivity index (χ1n) is 9.50. The Balaban J connectivity index is 1.54. The molecular formula is C18H36N4O2. The second kappa shape index (κ2) is 10.3. The van der Waals surface area contributed by atoms with Crippen LogP contribution in [0.25, 0.3) is 0 Å². The minimum atomic E-state index is -0.0463. The van der Waals surface area contributed by atoms with E-state index in [0.29, 0.717) is 13.0 Å². The fourth-order valence-corrected chi connectivity index (χ4v) is 3.58. The molecule has 2 heterocycles. The maximum Gasteiger partial charge on any atom is 0.307 e. The number of carbonyl (C=O) groups excluding carboxylic acids is 1. The SMILES string of the molecule is CN(C)CCCOC(=O)CCN1CCC(N2CCN(C)CC2)CC1. The van der Waals surface area contributed by atoms with Crippen molar-refractivity contribution in [3.63, 3.8) is 0 Å². The first-order chi connectivity index (χ1) is 11.5. The van der Waals surface area contributed by atoms with Crippen LogP contribution in [0, 0.1) is 0 Å². The highest BCUT2D eigenvalue weighted by Crippen LogP contribution is 2.18. The number of hydrogen-bond acceptors (Lipinski definition) is 6. The van der Waals surface area contributed by atoms with Gasteiger partial charge in [0.2, 0.25) is 0 Å². The Morgan fingerprint density at radius 3 is 2.38 bits per heavy atom. The van der Waals surface area contributed by atoms with Crippen molar-refractivity contribution in [2.45, 2.75) is 31.7 Å². The summed E-state index contributed by atoms with van der Waals surface area (Å²) < 4.78 is 5.30. The summed E-state index contributed by atoms with van der Waals surface area (Å²) in [6.07, 6.45) is 3.92. The zero-order valence-electron chi connectivity index (χ0n) is 15.9. The van der Waals surface area contributed by atoms with Crippen LogP contribution in [0.5, 0.6) is 0 Å². The van der Waals surface area contributed by atoms with Gasteiger partial charge in [-0.3, -0.25) is 9.69 Å². The van der Waals surface area contributed by atoms with E-state index in [4.69, 9.17) is 4.74 Å². The number of likely N-dealkylation sites (N-methyl/N-ethyl adjacent to an activating group) is 1. The lowest BCUT2D eigenvalue weighted by Crippen LogP contribution is -2.52. The van der Waals surface area contributed by atoms with Gasteiger partial charge < -0.3 is 19.4 Å². The van der Waals surface area contributed by atoms with Gasteiger partial charge in [0.1, 0.15) is 0 Å². The minimum absolute atomic E-state index is 0.0463. The number of esters is 1. The second-order valence-corrected chi connectivity index (χ2v) is 7.54. The molecule has 0 aromatic carbocycles. The van der Waals surface area contributed by atoms with Gasteiger partial charge in [-0.05, 0) is 53.5 Å². The quantitative estimate of drug-likeness (QED) is 0.476. The molecule has 0 saturated carbocycles. The van der Waals surface area contributed by atoms with Gasteiger partial charge in [-0.15, -0.1) is 0 Å². The highest BCUT2D eigenvalue weighted by molar-refractivity contribution is 5.69. The molecular weight excluding hydrogens is 304 g/mol. The number of likely N-dealkylation sites (tertiary alicyclic amines) is 1. The van der Waals surface area contributed by atoms with Crippen molar-refractivity contribution < 1.29 is 9.53 Å². The zero-order valence-corrected chi connectivity index (χ0v) is 15.9. The molecule has 0 bridgehead atoms. The van der Waals surface area contributed by atoms with Gasteiger partial charge >= 0.3 is 5.97 Å². The molecule has 0 spiro atoms. The number of rotatable bonds is 8. The van der Waals surface area contributed by atoms with Gasteiger partial charge in [0.15, 0.2) is 0 Å². The van der Waals surface area contributed by atoms with E-state index in [9.17, 15) is 4.79 Å². The Labute approximate surface area is 147 Å². The van der Waals surface area contributed by atoms with Crippen molar-refractivity contribution in [1.82, 2.24) is 19.6 Å². The van der Waals surface area contributed by atoms with Crippen LogP contribution in [0.2, 0.25) is 0 Å². The molecule has 24 heavy (non-hydrogen) atoms. The van der Waals surface area contributed by atoms with Crippen molar-refractivity contribution in [1.29, 1.82) is 0 Å². The highest BCUT2D eigenvalue weighted by Gasteiger charge is 2.26. The van der Waals surface area contributed by atoms with Crippen LogP contribution in [0.4, 0.5) is 0 Å². The van der Waals surface area contributed by atoms with E-state index in [1.165, 1.54) is 39.0 Å². The Hall–Kier alpha value is -0.690. The molecule has 140 valence electrons. The molecule has 0 aromatic rings. The average Bonchev–Trinajstić information content (AvgIpc) is 2.58. The molecule has 2 saturated heterocycles. The van der Waals surface area contributed by atoms with Crippen LogP contribution in [-0.2, 0) is 9.53 Å². The van der Waals surface area contributed by atoms with Gasteiger partial charge in [-0.1, -0.05) is 0 Å².